The number of aryl methyl sites for hydroxylation is 2. The summed E-state index contributed by atoms with van der Waals surface area (Å²) >= 11 is 0. The van der Waals surface area contributed by atoms with Crippen molar-refractivity contribution in [2.75, 3.05) is 25.5 Å². The maximum atomic E-state index is 13.1. The highest BCUT2D eigenvalue weighted by Crippen LogP contribution is 2.28. The molecule has 0 unspecified atom stereocenters. The van der Waals surface area contributed by atoms with Crippen LogP contribution in [-0.4, -0.2) is 38.8 Å². The Hall–Kier alpha value is -2.38. The molecule has 1 heterocycles. The van der Waals surface area contributed by atoms with Gasteiger partial charge in [0.2, 0.25) is 15.9 Å². The number of anilines is 1. The number of carbonyl (C=O) groups excluding carboxylic acids is 1. The zero-order valence-corrected chi connectivity index (χ0v) is 19.4. The topological polar surface area (TPSA) is 75.7 Å². The Morgan fingerprint density at radius 1 is 1.19 bits per heavy atom. The smallest absolute Gasteiger partial charge is 0.243 e. The fourth-order valence-electron chi connectivity index (χ4n) is 3.92. The number of sulfonamides is 1. The molecule has 0 aliphatic carbocycles. The summed E-state index contributed by atoms with van der Waals surface area (Å²) in [5.41, 5.74) is 2.76. The number of hydrogen-bond donors (Lipinski definition) is 1. The van der Waals surface area contributed by atoms with Crippen molar-refractivity contribution >= 4 is 21.6 Å². The number of unbranched alkanes of at least 4 members (excludes halogenated alkanes) is 1. The zero-order chi connectivity index (χ0) is 22.4. The van der Waals surface area contributed by atoms with E-state index in [9.17, 15) is 13.2 Å². The van der Waals surface area contributed by atoms with Crippen molar-refractivity contribution in [2.45, 2.75) is 50.8 Å². The number of rotatable bonds is 8. The van der Waals surface area contributed by atoms with Gasteiger partial charge in [-0.25, -0.2) is 8.42 Å². The third-order valence-electron chi connectivity index (χ3n) is 5.80. The Kier molecular flexibility index (Phi) is 7.73. The van der Waals surface area contributed by atoms with E-state index in [2.05, 4.69) is 12.2 Å². The summed E-state index contributed by atoms with van der Waals surface area (Å²) < 4.78 is 32.9. The van der Waals surface area contributed by atoms with Gasteiger partial charge >= 0.3 is 0 Å². The van der Waals surface area contributed by atoms with Crippen molar-refractivity contribution in [3.8, 4) is 5.75 Å². The van der Waals surface area contributed by atoms with Crippen LogP contribution in [0.3, 0.4) is 0 Å². The maximum Gasteiger partial charge on any atom is 0.243 e. The van der Waals surface area contributed by atoms with Crippen LogP contribution < -0.4 is 10.1 Å². The molecule has 6 nitrogen and oxygen atoms in total. The van der Waals surface area contributed by atoms with Crippen molar-refractivity contribution in [3.63, 3.8) is 0 Å². The van der Waals surface area contributed by atoms with Gasteiger partial charge in [-0.05, 0) is 74.1 Å². The van der Waals surface area contributed by atoms with Gasteiger partial charge in [-0.3, -0.25) is 4.79 Å². The predicted octanol–water partition coefficient (Wildman–Crippen LogP) is 4.39. The standard InChI is InChI=1S/C24H32N2O4S/c1-4-5-7-19-9-11-21(12-10-19)25-24(27)20-8-6-15-26(17-20)31(28,29)22-13-14-23(30-3)18(2)16-22/h9-14,16,20H,4-8,15,17H2,1-3H3,(H,25,27)/t20-/m0/s1. The number of carbonyl (C=O) groups is 1. The number of methoxy groups -OCH3 is 1. The molecule has 1 amide bonds. The molecule has 31 heavy (non-hydrogen) atoms. The van der Waals surface area contributed by atoms with Gasteiger partial charge in [0.05, 0.1) is 17.9 Å². The van der Waals surface area contributed by atoms with Crippen LogP contribution in [0.4, 0.5) is 5.69 Å². The lowest BCUT2D eigenvalue weighted by atomic mass is 9.98. The first-order valence-corrected chi connectivity index (χ1v) is 12.3. The van der Waals surface area contributed by atoms with Crippen LogP contribution in [0.15, 0.2) is 47.4 Å². The fraction of sp³-hybridized carbons (Fsp3) is 0.458. The molecule has 1 aliphatic heterocycles. The van der Waals surface area contributed by atoms with E-state index in [0.29, 0.717) is 25.1 Å². The molecule has 0 aromatic heterocycles. The molecule has 168 valence electrons. The zero-order valence-electron chi connectivity index (χ0n) is 18.6. The van der Waals surface area contributed by atoms with E-state index in [-0.39, 0.29) is 23.3 Å². The van der Waals surface area contributed by atoms with Crippen molar-refractivity contribution in [2.24, 2.45) is 5.92 Å². The van der Waals surface area contributed by atoms with Crippen molar-refractivity contribution in [1.29, 1.82) is 0 Å². The average Bonchev–Trinajstić information content (AvgIpc) is 2.78. The summed E-state index contributed by atoms with van der Waals surface area (Å²) in [5, 5.41) is 2.95. The molecular weight excluding hydrogens is 412 g/mol. The number of piperidine rings is 1. The number of nitrogens with zero attached hydrogens (tertiary/aromatic N) is 1. The number of ether oxygens (including phenoxy) is 1. The van der Waals surface area contributed by atoms with Crippen molar-refractivity contribution in [1.82, 2.24) is 4.31 Å². The van der Waals surface area contributed by atoms with Gasteiger partial charge in [0.25, 0.3) is 0 Å². The fourth-order valence-corrected chi connectivity index (χ4v) is 5.52. The quantitative estimate of drug-likeness (QED) is 0.655. The summed E-state index contributed by atoms with van der Waals surface area (Å²) in [6.45, 7) is 4.59. The van der Waals surface area contributed by atoms with E-state index in [1.165, 1.54) is 9.87 Å². The molecule has 3 rings (SSSR count). The molecule has 0 radical (unpaired) electrons. The number of benzene rings is 2. The molecule has 7 heteroatoms. The minimum atomic E-state index is -3.67. The third-order valence-corrected chi connectivity index (χ3v) is 7.66. The molecule has 1 aliphatic rings. The molecule has 1 saturated heterocycles. The van der Waals surface area contributed by atoms with E-state index in [1.807, 2.05) is 31.2 Å². The molecule has 2 aromatic rings. The van der Waals surface area contributed by atoms with E-state index in [1.54, 1.807) is 25.3 Å². The van der Waals surface area contributed by atoms with Gasteiger partial charge in [-0.15, -0.1) is 0 Å². The second kappa shape index (κ2) is 10.3. The normalized spacial score (nSPS) is 17.3. The van der Waals surface area contributed by atoms with E-state index >= 15 is 0 Å². The summed E-state index contributed by atoms with van der Waals surface area (Å²) in [6, 6.07) is 12.8. The first kappa shape index (κ1) is 23.3. The summed E-state index contributed by atoms with van der Waals surface area (Å²) in [4.78, 5) is 13.1. The predicted molar refractivity (Wildman–Crippen MR) is 123 cm³/mol. The first-order valence-electron chi connectivity index (χ1n) is 10.9. The van der Waals surface area contributed by atoms with Crippen LogP contribution in [0.2, 0.25) is 0 Å². The molecule has 0 bridgehead atoms. The molecule has 1 N–H and O–H groups in total. The third kappa shape index (κ3) is 5.66. The summed E-state index contributed by atoms with van der Waals surface area (Å²) in [6.07, 6.45) is 4.66. The van der Waals surface area contributed by atoms with E-state index in [4.69, 9.17) is 4.74 Å². The Bertz CT molecular complexity index is 1000. The Balaban J connectivity index is 1.66. The monoisotopic (exact) mass is 444 g/mol. The summed E-state index contributed by atoms with van der Waals surface area (Å²) in [7, 11) is -2.11. The molecule has 1 fully saturated rings. The molecule has 1 atom stereocenters. The number of nitrogens with one attached hydrogen (secondary N) is 1. The Morgan fingerprint density at radius 2 is 1.94 bits per heavy atom. The highest BCUT2D eigenvalue weighted by Gasteiger charge is 2.33. The van der Waals surface area contributed by atoms with E-state index in [0.717, 1.165) is 30.5 Å². The van der Waals surface area contributed by atoms with Gasteiger partial charge < -0.3 is 10.1 Å². The molecule has 2 aromatic carbocycles. The van der Waals surface area contributed by atoms with E-state index < -0.39 is 10.0 Å². The van der Waals surface area contributed by atoms with Gasteiger partial charge in [0, 0.05) is 18.8 Å². The lowest BCUT2D eigenvalue weighted by Crippen LogP contribution is -2.43. The van der Waals surface area contributed by atoms with Gasteiger partial charge in [0.15, 0.2) is 0 Å². The Labute approximate surface area is 185 Å². The summed E-state index contributed by atoms with van der Waals surface area (Å²) in [5.74, 6) is 0.144. The second-order valence-electron chi connectivity index (χ2n) is 8.12. The largest absolute Gasteiger partial charge is 0.496 e. The van der Waals surface area contributed by atoms with Crippen molar-refractivity contribution < 1.29 is 17.9 Å². The second-order valence-corrected chi connectivity index (χ2v) is 10.1. The van der Waals surface area contributed by atoms with Crippen LogP contribution in [0.1, 0.15) is 43.7 Å². The maximum absolute atomic E-state index is 13.1. The lowest BCUT2D eigenvalue weighted by Gasteiger charge is -2.31. The number of amides is 1. The first-order chi connectivity index (χ1) is 14.8. The highest BCUT2D eigenvalue weighted by atomic mass is 32.2. The molecule has 0 saturated carbocycles. The highest BCUT2D eigenvalue weighted by molar-refractivity contribution is 7.89. The van der Waals surface area contributed by atoms with Crippen LogP contribution in [0.5, 0.6) is 5.75 Å². The van der Waals surface area contributed by atoms with Gasteiger partial charge in [-0.1, -0.05) is 25.5 Å². The minimum Gasteiger partial charge on any atom is -0.496 e. The van der Waals surface area contributed by atoms with Crippen LogP contribution >= 0.6 is 0 Å². The Morgan fingerprint density at radius 3 is 2.58 bits per heavy atom. The SMILES string of the molecule is CCCCc1ccc(NC(=O)[C@H]2CCCN(S(=O)(=O)c3ccc(OC)c(C)c3)C2)cc1. The number of hydrogen-bond acceptors (Lipinski definition) is 4. The molecular formula is C24H32N2O4S. The van der Waals surface area contributed by atoms with Crippen LogP contribution in [-0.2, 0) is 21.2 Å². The minimum absolute atomic E-state index is 0.132. The van der Waals surface area contributed by atoms with Crippen LogP contribution in [0, 0.1) is 12.8 Å². The van der Waals surface area contributed by atoms with Gasteiger partial charge in [0.1, 0.15) is 5.75 Å². The van der Waals surface area contributed by atoms with Crippen molar-refractivity contribution in [3.05, 3.63) is 53.6 Å². The lowest BCUT2D eigenvalue weighted by molar-refractivity contribution is -0.120. The van der Waals surface area contributed by atoms with Gasteiger partial charge in [-0.2, -0.15) is 4.31 Å². The average molecular weight is 445 g/mol. The van der Waals surface area contributed by atoms with Crippen LogP contribution in [0.25, 0.3) is 0 Å². The molecule has 0 spiro atoms.